The molecule has 2 atom stereocenters. The predicted molar refractivity (Wildman–Crippen MR) is 78.4 cm³/mol. The first-order valence-corrected chi connectivity index (χ1v) is 6.24. The molecule has 0 aliphatic rings. The normalized spacial score (nSPS) is 12.3. The maximum atomic E-state index is 9.80. The zero-order valence-electron chi connectivity index (χ0n) is 10.8. The third-order valence-corrected chi connectivity index (χ3v) is 2.71. The minimum atomic E-state index is -0.862. The van der Waals surface area contributed by atoms with Gasteiger partial charge in [0.1, 0.15) is 12.2 Å². The highest BCUT2D eigenvalue weighted by molar-refractivity contribution is 5.34. The van der Waals surface area contributed by atoms with Crippen LogP contribution in [0.15, 0.2) is 60.7 Å². The smallest absolute Gasteiger partial charge is 0.141 e. The largest absolute Gasteiger partial charge is 0.376 e. The topological polar surface area (TPSA) is 40.5 Å². The van der Waals surface area contributed by atoms with Gasteiger partial charge in [0, 0.05) is 0 Å². The molecule has 0 fully saturated rings. The van der Waals surface area contributed by atoms with Gasteiger partial charge in [-0.15, -0.1) is 0 Å². The molecule has 0 amide bonds. The number of aliphatic hydroxyl groups excluding tert-OH is 2. The Morgan fingerprint density at radius 2 is 0.950 bits per heavy atom. The molecule has 20 heavy (non-hydrogen) atoms. The van der Waals surface area contributed by atoms with Crippen LogP contribution >= 0.6 is 0 Å². The van der Waals surface area contributed by atoms with E-state index >= 15 is 0 Å². The number of hydrogen-bond donors (Lipinski definition) is 2. The van der Waals surface area contributed by atoms with Crippen molar-refractivity contribution < 1.29 is 10.2 Å². The van der Waals surface area contributed by atoms with Crippen molar-refractivity contribution in [2.75, 3.05) is 0 Å². The lowest BCUT2D eigenvalue weighted by Crippen LogP contribution is -1.93. The summed E-state index contributed by atoms with van der Waals surface area (Å²) in [5.74, 6) is 10.4. The van der Waals surface area contributed by atoms with Gasteiger partial charge >= 0.3 is 0 Å². The third kappa shape index (κ3) is 4.00. The van der Waals surface area contributed by atoms with Gasteiger partial charge in [-0.25, -0.2) is 0 Å². The molecule has 0 radical (unpaired) electrons. The van der Waals surface area contributed by atoms with Crippen LogP contribution in [-0.2, 0) is 0 Å². The van der Waals surface area contributed by atoms with Gasteiger partial charge in [-0.2, -0.15) is 0 Å². The van der Waals surface area contributed by atoms with Crippen LogP contribution in [0.1, 0.15) is 23.3 Å². The number of benzene rings is 2. The first-order valence-electron chi connectivity index (χ1n) is 6.24. The number of rotatable bonds is 2. The first-order chi connectivity index (χ1) is 9.77. The molecule has 0 unspecified atom stereocenters. The average molecular weight is 262 g/mol. The SMILES string of the molecule is O[C@H](C#CC#C[C@@H](O)c1ccccc1)c1ccccc1. The third-order valence-electron chi connectivity index (χ3n) is 2.71. The molecular formula is C18H14O2. The zero-order chi connectivity index (χ0) is 14.2. The minimum Gasteiger partial charge on any atom is -0.376 e. The Morgan fingerprint density at radius 1 is 0.600 bits per heavy atom. The van der Waals surface area contributed by atoms with Crippen LogP contribution < -0.4 is 0 Å². The molecule has 2 nitrogen and oxygen atoms in total. The molecule has 0 saturated carbocycles. The Morgan fingerprint density at radius 3 is 1.30 bits per heavy atom. The van der Waals surface area contributed by atoms with Gasteiger partial charge in [0.15, 0.2) is 0 Å². The molecule has 2 rings (SSSR count). The van der Waals surface area contributed by atoms with Crippen LogP contribution in [0.5, 0.6) is 0 Å². The fourth-order valence-corrected chi connectivity index (χ4v) is 1.65. The van der Waals surface area contributed by atoms with Crippen molar-refractivity contribution in [2.45, 2.75) is 12.2 Å². The summed E-state index contributed by atoms with van der Waals surface area (Å²) in [5, 5.41) is 19.6. The Labute approximate surface area is 118 Å². The Balaban J connectivity index is 2.00. The van der Waals surface area contributed by atoms with E-state index in [1.54, 1.807) is 24.3 Å². The van der Waals surface area contributed by atoms with E-state index in [4.69, 9.17) is 0 Å². The van der Waals surface area contributed by atoms with Crippen LogP contribution in [-0.4, -0.2) is 10.2 Å². The fourth-order valence-electron chi connectivity index (χ4n) is 1.65. The molecule has 98 valence electrons. The van der Waals surface area contributed by atoms with E-state index in [0.717, 1.165) is 11.1 Å². The summed E-state index contributed by atoms with van der Waals surface area (Å²) >= 11 is 0. The van der Waals surface area contributed by atoms with E-state index in [2.05, 4.69) is 23.7 Å². The van der Waals surface area contributed by atoms with E-state index in [-0.39, 0.29) is 0 Å². The summed E-state index contributed by atoms with van der Waals surface area (Å²) in [7, 11) is 0. The number of aliphatic hydroxyl groups is 2. The quantitative estimate of drug-likeness (QED) is 0.816. The number of hydrogen-bond acceptors (Lipinski definition) is 2. The molecule has 2 N–H and O–H groups in total. The molecule has 2 heteroatoms. The fraction of sp³-hybridized carbons (Fsp3) is 0.111. The van der Waals surface area contributed by atoms with E-state index in [1.165, 1.54) is 0 Å². The van der Waals surface area contributed by atoms with E-state index in [0.29, 0.717) is 0 Å². The van der Waals surface area contributed by atoms with Gasteiger partial charge in [0.25, 0.3) is 0 Å². The highest BCUT2D eigenvalue weighted by Crippen LogP contribution is 2.11. The second kappa shape index (κ2) is 7.16. The maximum absolute atomic E-state index is 9.80. The summed E-state index contributed by atoms with van der Waals surface area (Å²) in [6, 6.07) is 18.3. The van der Waals surface area contributed by atoms with Crippen molar-refractivity contribution >= 4 is 0 Å². The highest BCUT2D eigenvalue weighted by atomic mass is 16.3. The van der Waals surface area contributed by atoms with Gasteiger partial charge in [0.05, 0.1) is 0 Å². The average Bonchev–Trinajstić information content (AvgIpc) is 2.53. The Bertz CT molecular complexity index is 593. The summed E-state index contributed by atoms with van der Waals surface area (Å²) in [6.45, 7) is 0. The van der Waals surface area contributed by atoms with Gasteiger partial charge < -0.3 is 10.2 Å². The van der Waals surface area contributed by atoms with Crippen molar-refractivity contribution in [3.05, 3.63) is 71.8 Å². The molecular weight excluding hydrogens is 248 g/mol. The lowest BCUT2D eigenvalue weighted by molar-refractivity contribution is 0.237. The van der Waals surface area contributed by atoms with Crippen LogP contribution in [0.2, 0.25) is 0 Å². The van der Waals surface area contributed by atoms with Crippen LogP contribution in [0.4, 0.5) is 0 Å². The maximum Gasteiger partial charge on any atom is 0.141 e. The zero-order valence-corrected chi connectivity index (χ0v) is 10.8. The highest BCUT2D eigenvalue weighted by Gasteiger charge is 2.01. The molecule has 0 aliphatic heterocycles. The molecule has 0 aromatic heterocycles. The van der Waals surface area contributed by atoms with E-state index in [9.17, 15) is 10.2 Å². The van der Waals surface area contributed by atoms with Crippen molar-refractivity contribution in [2.24, 2.45) is 0 Å². The lowest BCUT2D eigenvalue weighted by Gasteiger charge is -2.01. The van der Waals surface area contributed by atoms with Crippen LogP contribution in [0.25, 0.3) is 0 Å². The minimum absolute atomic E-state index is 0.727. The van der Waals surface area contributed by atoms with Crippen LogP contribution in [0, 0.1) is 23.7 Å². The summed E-state index contributed by atoms with van der Waals surface area (Å²) < 4.78 is 0. The van der Waals surface area contributed by atoms with Crippen LogP contribution in [0.3, 0.4) is 0 Å². The first kappa shape index (κ1) is 13.9. The van der Waals surface area contributed by atoms with Gasteiger partial charge in [-0.05, 0) is 23.0 Å². The van der Waals surface area contributed by atoms with E-state index < -0.39 is 12.2 Å². The van der Waals surface area contributed by atoms with Crippen molar-refractivity contribution in [1.29, 1.82) is 0 Å². The molecule has 0 bridgehead atoms. The molecule has 0 saturated heterocycles. The Kier molecular flexibility index (Phi) is 4.98. The summed E-state index contributed by atoms with van der Waals surface area (Å²) in [5.41, 5.74) is 1.45. The molecule has 0 aliphatic carbocycles. The second-order valence-corrected chi connectivity index (χ2v) is 4.17. The summed E-state index contributed by atoms with van der Waals surface area (Å²) in [6.07, 6.45) is -1.72. The second-order valence-electron chi connectivity index (χ2n) is 4.17. The van der Waals surface area contributed by atoms with Gasteiger partial charge in [0.2, 0.25) is 0 Å². The standard InChI is InChI=1S/C18H14O2/c19-17(15-9-3-1-4-10-15)13-7-8-14-18(20)16-11-5-2-6-12-16/h1-6,9-12,17-20H/t17-,18-/m1/s1. The molecule has 0 heterocycles. The summed E-state index contributed by atoms with van der Waals surface area (Å²) in [4.78, 5) is 0. The van der Waals surface area contributed by atoms with Crippen molar-refractivity contribution in [1.82, 2.24) is 0 Å². The molecule has 0 spiro atoms. The van der Waals surface area contributed by atoms with Gasteiger partial charge in [-0.1, -0.05) is 72.5 Å². The van der Waals surface area contributed by atoms with Crippen molar-refractivity contribution in [3.8, 4) is 23.7 Å². The van der Waals surface area contributed by atoms with Gasteiger partial charge in [-0.3, -0.25) is 0 Å². The predicted octanol–water partition coefficient (Wildman–Crippen LogP) is 2.46. The Hall–Kier alpha value is -2.52. The molecule has 2 aromatic carbocycles. The lowest BCUT2D eigenvalue weighted by atomic mass is 10.1. The monoisotopic (exact) mass is 262 g/mol. The molecule has 2 aromatic rings. The van der Waals surface area contributed by atoms with Crippen molar-refractivity contribution in [3.63, 3.8) is 0 Å². The van der Waals surface area contributed by atoms with E-state index in [1.807, 2.05) is 36.4 Å².